The number of benzene rings is 2. The van der Waals surface area contributed by atoms with E-state index in [1.807, 2.05) is 77.8 Å². The third-order valence-electron chi connectivity index (χ3n) is 4.50. The predicted octanol–water partition coefficient (Wildman–Crippen LogP) is 5.18. The maximum Gasteiger partial charge on any atom is 0.135 e. The molecular weight excluding hydrogens is 336 g/mol. The number of aromatic amines is 1. The number of hydrogen-bond donors (Lipinski definition) is 1. The van der Waals surface area contributed by atoms with Crippen molar-refractivity contribution in [1.29, 1.82) is 0 Å². The molecule has 0 bridgehead atoms. The van der Waals surface area contributed by atoms with Crippen LogP contribution < -0.4 is 4.74 Å². The first-order chi connectivity index (χ1) is 13.4. The number of para-hydroxylation sites is 2. The summed E-state index contributed by atoms with van der Waals surface area (Å²) in [6, 6.07) is 20.0. The average Bonchev–Trinajstić information content (AvgIpc) is 3.40. The Hall–Kier alpha value is -3.86. The maximum absolute atomic E-state index is 6.14. The standard InChI is InChI=1S/C22H16N4O/c1-2-6-18(7-3-1)27-22-9-5-4-8-19(22)16-10-20(17-11-24-25-12-17)21-13-23-15-26(21)14-16/h1-15H,(H,24,25). The van der Waals surface area contributed by atoms with Crippen molar-refractivity contribution in [3.63, 3.8) is 0 Å². The normalized spacial score (nSPS) is 11.0. The number of aromatic nitrogens is 4. The zero-order chi connectivity index (χ0) is 18.1. The minimum absolute atomic E-state index is 0.807. The van der Waals surface area contributed by atoms with Crippen molar-refractivity contribution in [3.05, 3.63) is 91.8 Å². The lowest BCUT2D eigenvalue weighted by molar-refractivity contribution is 0.484. The summed E-state index contributed by atoms with van der Waals surface area (Å²) in [6.07, 6.45) is 9.44. The van der Waals surface area contributed by atoms with E-state index in [1.54, 1.807) is 0 Å². The van der Waals surface area contributed by atoms with Crippen LogP contribution in [0.5, 0.6) is 11.5 Å². The molecule has 0 aliphatic rings. The summed E-state index contributed by atoms with van der Waals surface area (Å²) in [5, 5.41) is 6.97. The van der Waals surface area contributed by atoms with Gasteiger partial charge in [0, 0.05) is 34.6 Å². The Labute approximate surface area is 155 Å². The zero-order valence-electron chi connectivity index (χ0n) is 14.4. The predicted molar refractivity (Wildman–Crippen MR) is 105 cm³/mol. The largest absolute Gasteiger partial charge is 0.457 e. The lowest BCUT2D eigenvalue weighted by Crippen LogP contribution is -1.92. The van der Waals surface area contributed by atoms with E-state index in [0.29, 0.717) is 0 Å². The molecule has 0 saturated heterocycles. The zero-order valence-corrected chi connectivity index (χ0v) is 14.4. The molecule has 5 nitrogen and oxygen atoms in total. The molecule has 27 heavy (non-hydrogen) atoms. The van der Waals surface area contributed by atoms with E-state index < -0.39 is 0 Å². The Bertz CT molecular complexity index is 1190. The molecule has 3 heterocycles. The van der Waals surface area contributed by atoms with Gasteiger partial charge in [-0.1, -0.05) is 36.4 Å². The van der Waals surface area contributed by atoms with Gasteiger partial charge in [0.1, 0.15) is 11.5 Å². The second-order valence-electron chi connectivity index (χ2n) is 6.23. The molecule has 5 rings (SSSR count). The Morgan fingerprint density at radius 3 is 2.56 bits per heavy atom. The van der Waals surface area contributed by atoms with Gasteiger partial charge in [0.05, 0.1) is 24.2 Å². The molecule has 0 saturated carbocycles. The van der Waals surface area contributed by atoms with Crippen LogP contribution in [0.4, 0.5) is 0 Å². The number of pyridine rings is 1. The molecule has 5 heteroatoms. The van der Waals surface area contributed by atoms with E-state index in [-0.39, 0.29) is 0 Å². The molecule has 0 spiro atoms. The molecule has 5 aromatic rings. The van der Waals surface area contributed by atoms with Gasteiger partial charge in [0.25, 0.3) is 0 Å². The van der Waals surface area contributed by atoms with Gasteiger partial charge in [-0.2, -0.15) is 5.10 Å². The third-order valence-corrected chi connectivity index (χ3v) is 4.50. The number of fused-ring (bicyclic) bond motifs is 1. The first-order valence-electron chi connectivity index (χ1n) is 8.66. The minimum atomic E-state index is 0.807. The van der Waals surface area contributed by atoms with Gasteiger partial charge in [-0.25, -0.2) is 4.98 Å². The molecule has 0 aliphatic heterocycles. The Kier molecular flexibility index (Phi) is 3.68. The van der Waals surface area contributed by atoms with Gasteiger partial charge in [-0.05, 0) is 24.3 Å². The Morgan fingerprint density at radius 1 is 0.852 bits per heavy atom. The van der Waals surface area contributed by atoms with Crippen LogP contribution in [-0.4, -0.2) is 19.6 Å². The van der Waals surface area contributed by atoms with Gasteiger partial charge in [0.15, 0.2) is 0 Å². The van der Waals surface area contributed by atoms with Crippen molar-refractivity contribution in [2.45, 2.75) is 0 Å². The second kappa shape index (κ2) is 6.46. The van der Waals surface area contributed by atoms with E-state index >= 15 is 0 Å². The van der Waals surface area contributed by atoms with E-state index in [0.717, 1.165) is 39.3 Å². The molecule has 1 N–H and O–H groups in total. The van der Waals surface area contributed by atoms with E-state index in [4.69, 9.17) is 4.74 Å². The highest BCUT2D eigenvalue weighted by Crippen LogP contribution is 2.36. The minimum Gasteiger partial charge on any atom is -0.457 e. The van der Waals surface area contributed by atoms with E-state index in [9.17, 15) is 0 Å². The highest BCUT2D eigenvalue weighted by Gasteiger charge is 2.13. The number of ether oxygens (including phenoxy) is 1. The van der Waals surface area contributed by atoms with Crippen molar-refractivity contribution >= 4 is 5.52 Å². The van der Waals surface area contributed by atoms with Crippen LogP contribution in [0.25, 0.3) is 27.8 Å². The lowest BCUT2D eigenvalue weighted by atomic mass is 10.0. The molecule has 130 valence electrons. The summed E-state index contributed by atoms with van der Waals surface area (Å²) in [6.45, 7) is 0. The van der Waals surface area contributed by atoms with Crippen LogP contribution in [0.15, 0.2) is 91.8 Å². The van der Waals surface area contributed by atoms with Crippen LogP contribution in [-0.2, 0) is 0 Å². The number of imidazole rings is 1. The van der Waals surface area contributed by atoms with Crippen molar-refractivity contribution in [2.24, 2.45) is 0 Å². The topological polar surface area (TPSA) is 55.2 Å². The summed E-state index contributed by atoms with van der Waals surface area (Å²) < 4.78 is 8.17. The Balaban J connectivity index is 1.66. The average molecular weight is 352 g/mol. The van der Waals surface area contributed by atoms with Crippen LogP contribution in [0, 0.1) is 0 Å². The SMILES string of the molecule is c1ccc(Oc2ccccc2-c2cc(-c3cn[nH]c3)c3cncn3c2)cc1. The number of nitrogens with zero attached hydrogens (tertiary/aromatic N) is 3. The first-order valence-corrected chi connectivity index (χ1v) is 8.66. The van der Waals surface area contributed by atoms with Gasteiger partial charge >= 0.3 is 0 Å². The fourth-order valence-corrected chi connectivity index (χ4v) is 3.22. The number of rotatable bonds is 4. The van der Waals surface area contributed by atoms with Crippen molar-refractivity contribution in [2.75, 3.05) is 0 Å². The maximum atomic E-state index is 6.14. The highest BCUT2D eigenvalue weighted by molar-refractivity contribution is 5.84. The molecule has 0 aliphatic carbocycles. The van der Waals surface area contributed by atoms with E-state index in [1.165, 1.54) is 0 Å². The lowest BCUT2D eigenvalue weighted by Gasteiger charge is -2.13. The number of H-pyrrole nitrogens is 1. The molecule has 0 fully saturated rings. The number of hydrogen-bond acceptors (Lipinski definition) is 3. The van der Waals surface area contributed by atoms with Crippen LogP contribution in [0.2, 0.25) is 0 Å². The van der Waals surface area contributed by atoms with Gasteiger partial charge in [-0.15, -0.1) is 0 Å². The molecule has 0 unspecified atom stereocenters. The molecule has 3 aromatic heterocycles. The fraction of sp³-hybridized carbons (Fsp3) is 0. The van der Waals surface area contributed by atoms with Gasteiger partial charge in [0.2, 0.25) is 0 Å². The third kappa shape index (κ3) is 2.85. The van der Waals surface area contributed by atoms with Crippen molar-refractivity contribution < 1.29 is 4.74 Å². The van der Waals surface area contributed by atoms with Gasteiger partial charge in [-0.3, -0.25) is 5.10 Å². The van der Waals surface area contributed by atoms with Crippen LogP contribution >= 0.6 is 0 Å². The van der Waals surface area contributed by atoms with E-state index in [2.05, 4.69) is 33.5 Å². The second-order valence-corrected chi connectivity index (χ2v) is 6.23. The smallest absolute Gasteiger partial charge is 0.135 e. The summed E-state index contributed by atoms with van der Waals surface area (Å²) in [5.74, 6) is 1.62. The Morgan fingerprint density at radius 2 is 1.70 bits per heavy atom. The molecule has 0 radical (unpaired) electrons. The number of nitrogens with one attached hydrogen (secondary N) is 1. The summed E-state index contributed by atoms with van der Waals surface area (Å²) >= 11 is 0. The van der Waals surface area contributed by atoms with Crippen molar-refractivity contribution in [3.8, 4) is 33.8 Å². The molecule has 0 amide bonds. The highest BCUT2D eigenvalue weighted by atomic mass is 16.5. The quantitative estimate of drug-likeness (QED) is 0.485. The monoisotopic (exact) mass is 352 g/mol. The van der Waals surface area contributed by atoms with Crippen LogP contribution in [0.3, 0.4) is 0 Å². The van der Waals surface area contributed by atoms with Crippen molar-refractivity contribution in [1.82, 2.24) is 19.6 Å². The molecular formula is C22H16N4O. The van der Waals surface area contributed by atoms with Crippen LogP contribution in [0.1, 0.15) is 0 Å². The first kappa shape index (κ1) is 15.4. The summed E-state index contributed by atoms with van der Waals surface area (Å²) in [7, 11) is 0. The summed E-state index contributed by atoms with van der Waals surface area (Å²) in [5.41, 5.74) is 5.17. The molecule has 2 aromatic carbocycles. The summed E-state index contributed by atoms with van der Waals surface area (Å²) in [4.78, 5) is 4.30. The van der Waals surface area contributed by atoms with Gasteiger partial charge < -0.3 is 9.14 Å². The fourth-order valence-electron chi connectivity index (χ4n) is 3.22. The molecule has 0 atom stereocenters.